The number of benzene rings is 1. The molecule has 0 spiro atoms. The van der Waals surface area contributed by atoms with Gasteiger partial charge in [-0.25, -0.2) is 8.78 Å². The van der Waals surface area contributed by atoms with Gasteiger partial charge in [-0.3, -0.25) is 14.9 Å². The molecule has 5 nitrogen and oxygen atoms in total. The molecule has 1 saturated heterocycles. The summed E-state index contributed by atoms with van der Waals surface area (Å²) in [6.45, 7) is 9.68. The van der Waals surface area contributed by atoms with E-state index >= 15 is 0 Å². The summed E-state index contributed by atoms with van der Waals surface area (Å²) in [6, 6.07) is 7.59. The second-order valence-electron chi connectivity index (χ2n) is 8.39. The fourth-order valence-electron chi connectivity index (χ4n) is 4.57. The molecular weight excluding hydrogens is 408 g/mol. The van der Waals surface area contributed by atoms with Crippen LogP contribution < -0.4 is 11.1 Å². The number of rotatable bonds is 6. The first-order valence-electron chi connectivity index (χ1n) is 10.9. The van der Waals surface area contributed by atoms with Gasteiger partial charge in [0.15, 0.2) is 0 Å². The molecule has 3 N–H and O–H groups in total. The summed E-state index contributed by atoms with van der Waals surface area (Å²) in [7, 11) is 0. The number of allylic oxidation sites excluding steroid dienone is 1. The molecule has 7 heteroatoms. The van der Waals surface area contributed by atoms with E-state index in [1.807, 2.05) is 0 Å². The molecule has 0 bridgehead atoms. The summed E-state index contributed by atoms with van der Waals surface area (Å²) in [4.78, 5) is 10.3. The van der Waals surface area contributed by atoms with Gasteiger partial charge in [-0.2, -0.15) is 0 Å². The summed E-state index contributed by atoms with van der Waals surface area (Å²) >= 11 is 0. The van der Waals surface area contributed by atoms with Crippen molar-refractivity contribution in [3.63, 3.8) is 0 Å². The highest BCUT2D eigenvalue weighted by molar-refractivity contribution is 5.81. The maximum absolute atomic E-state index is 12.9. The molecular formula is C25H29F2N5. The van der Waals surface area contributed by atoms with Crippen molar-refractivity contribution in [1.29, 1.82) is 0 Å². The zero-order valence-corrected chi connectivity index (χ0v) is 18.3. The standard InChI is InChI=1S/C25H29F2N5/c1-16-3-4-21-17(2)22(6-5-20(16)21)24-15-32(10-9-30-24)14-18(12-28)13-31-19-7-8-29-23(11-19)25(26)27/h5-8,11-13,24-25,30H,1,3-4,9-10,14-15,28H2,2H3/t24-/m0/s1. The van der Waals surface area contributed by atoms with Crippen molar-refractivity contribution >= 4 is 17.5 Å². The summed E-state index contributed by atoms with van der Waals surface area (Å²) in [6.07, 6.45) is 4.02. The molecule has 1 aromatic heterocycles. The van der Waals surface area contributed by atoms with Crippen LogP contribution in [0.15, 0.2) is 53.8 Å². The first-order chi connectivity index (χ1) is 15.5. The minimum absolute atomic E-state index is 0.243. The third-order valence-corrected chi connectivity index (χ3v) is 6.32. The number of nitrogens with two attached hydrogens (primary N) is 1. The smallest absolute Gasteiger partial charge is 0.280 e. The van der Waals surface area contributed by atoms with Crippen molar-refractivity contribution in [2.45, 2.75) is 32.2 Å². The number of fused-ring (bicyclic) bond motifs is 1. The highest BCUT2D eigenvalue weighted by Gasteiger charge is 2.25. The average molecular weight is 438 g/mol. The lowest BCUT2D eigenvalue weighted by molar-refractivity contribution is 0.146. The SMILES string of the molecule is C=C1CCc2c1ccc([C@@H]1CN(CC(C=Nc3ccnc(C(F)F)c3)=CN)CCN1)c2C. The summed E-state index contributed by atoms with van der Waals surface area (Å²) < 4.78 is 25.7. The van der Waals surface area contributed by atoms with E-state index in [2.05, 4.69) is 45.8 Å². The Hall–Kier alpha value is -2.90. The van der Waals surface area contributed by atoms with Gasteiger partial charge < -0.3 is 11.1 Å². The van der Waals surface area contributed by atoms with Crippen LogP contribution in [-0.4, -0.2) is 42.3 Å². The molecule has 1 aliphatic heterocycles. The van der Waals surface area contributed by atoms with Crippen LogP contribution in [0.25, 0.3) is 5.57 Å². The number of piperazine rings is 1. The van der Waals surface area contributed by atoms with Crippen LogP contribution in [0.4, 0.5) is 14.5 Å². The second kappa shape index (κ2) is 9.71. The van der Waals surface area contributed by atoms with Gasteiger partial charge >= 0.3 is 0 Å². The lowest BCUT2D eigenvalue weighted by Crippen LogP contribution is -2.46. The number of nitrogens with one attached hydrogen (secondary N) is 1. The fraction of sp³-hybridized carbons (Fsp3) is 0.360. The number of pyridine rings is 1. The lowest BCUT2D eigenvalue weighted by atomic mass is 9.92. The van der Waals surface area contributed by atoms with Gasteiger partial charge in [-0.05, 0) is 71.5 Å². The number of aromatic nitrogens is 1. The van der Waals surface area contributed by atoms with Crippen LogP contribution in [-0.2, 0) is 6.42 Å². The van der Waals surface area contributed by atoms with E-state index in [9.17, 15) is 8.78 Å². The summed E-state index contributed by atoms with van der Waals surface area (Å²) in [5, 5.41) is 3.65. The highest BCUT2D eigenvalue weighted by Crippen LogP contribution is 2.36. The van der Waals surface area contributed by atoms with E-state index in [1.165, 1.54) is 46.3 Å². The van der Waals surface area contributed by atoms with Gasteiger partial charge in [0.25, 0.3) is 6.43 Å². The zero-order chi connectivity index (χ0) is 22.7. The minimum Gasteiger partial charge on any atom is -0.404 e. The average Bonchev–Trinajstić information content (AvgIpc) is 3.19. The predicted molar refractivity (Wildman–Crippen MR) is 125 cm³/mol. The number of halogens is 2. The first kappa shape index (κ1) is 22.3. The lowest BCUT2D eigenvalue weighted by Gasteiger charge is -2.35. The molecule has 1 aromatic carbocycles. The molecule has 168 valence electrons. The van der Waals surface area contributed by atoms with E-state index < -0.39 is 6.43 Å². The van der Waals surface area contributed by atoms with Crippen molar-refractivity contribution in [3.05, 3.63) is 76.8 Å². The molecule has 1 fully saturated rings. The van der Waals surface area contributed by atoms with Crippen LogP contribution >= 0.6 is 0 Å². The van der Waals surface area contributed by atoms with E-state index in [0.717, 1.165) is 38.0 Å². The van der Waals surface area contributed by atoms with Crippen molar-refractivity contribution in [1.82, 2.24) is 15.2 Å². The fourth-order valence-corrected chi connectivity index (χ4v) is 4.57. The topological polar surface area (TPSA) is 66.5 Å². The van der Waals surface area contributed by atoms with E-state index in [1.54, 1.807) is 12.3 Å². The Balaban J connectivity index is 1.43. The Labute approximate surface area is 187 Å². The van der Waals surface area contributed by atoms with Gasteiger partial charge in [0.05, 0.1) is 5.69 Å². The van der Waals surface area contributed by atoms with E-state index in [4.69, 9.17) is 5.73 Å². The monoisotopic (exact) mass is 437 g/mol. The molecule has 2 heterocycles. The predicted octanol–water partition coefficient (Wildman–Crippen LogP) is 4.48. The summed E-state index contributed by atoms with van der Waals surface area (Å²) in [5.74, 6) is 0. The van der Waals surface area contributed by atoms with Gasteiger partial charge in [0.1, 0.15) is 5.69 Å². The van der Waals surface area contributed by atoms with Crippen molar-refractivity contribution in [2.24, 2.45) is 10.7 Å². The van der Waals surface area contributed by atoms with Gasteiger partial charge in [-0.15, -0.1) is 0 Å². The quantitative estimate of drug-likeness (QED) is 0.654. The van der Waals surface area contributed by atoms with Gasteiger partial charge in [-0.1, -0.05) is 18.7 Å². The van der Waals surface area contributed by atoms with Crippen LogP contribution in [0.1, 0.15) is 46.8 Å². The zero-order valence-electron chi connectivity index (χ0n) is 18.3. The molecule has 4 rings (SSSR count). The molecule has 0 radical (unpaired) electrons. The molecule has 2 aliphatic rings. The Morgan fingerprint density at radius 3 is 3.00 bits per heavy atom. The number of alkyl halides is 2. The Morgan fingerprint density at radius 2 is 2.22 bits per heavy atom. The van der Waals surface area contributed by atoms with Crippen LogP contribution in [0.5, 0.6) is 0 Å². The Morgan fingerprint density at radius 1 is 1.38 bits per heavy atom. The van der Waals surface area contributed by atoms with E-state index in [0.29, 0.717) is 12.2 Å². The molecule has 0 unspecified atom stereocenters. The minimum atomic E-state index is -2.62. The molecule has 32 heavy (non-hydrogen) atoms. The highest BCUT2D eigenvalue weighted by atomic mass is 19.3. The van der Waals surface area contributed by atoms with Crippen LogP contribution in [0, 0.1) is 6.92 Å². The van der Waals surface area contributed by atoms with Gasteiger partial charge in [0.2, 0.25) is 0 Å². The van der Waals surface area contributed by atoms with Crippen molar-refractivity contribution in [3.8, 4) is 0 Å². The number of nitrogens with zero attached hydrogens (tertiary/aromatic N) is 3. The maximum Gasteiger partial charge on any atom is 0.280 e. The third kappa shape index (κ3) is 4.79. The molecule has 1 atom stereocenters. The summed E-state index contributed by atoms with van der Waals surface area (Å²) in [5.41, 5.74) is 13.5. The number of aliphatic imine (C=N–C) groups is 1. The molecule has 1 aliphatic carbocycles. The molecule has 0 amide bonds. The van der Waals surface area contributed by atoms with Gasteiger partial charge in [0, 0.05) is 44.6 Å². The molecule has 2 aromatic rings. The number of hydrogen-bond acceptors (Lipinski definition) is 5. The Bertz CT molecular complexity index is 1060. The van der Waals surface area contributed by atoms with Crippen molar-refractivity contribution < 1.29 is 8.78 Å². The van der Waals surface area contributed by atoms with Crippen molar-refractivity contribution in [2.75, 3.05) is 26.2 Å². The van der Waals surface area contributed by atoms with E-state index in [-0.39, 0.29) is 11.7 Å². The number of hydrogen-bond donors (Lipinski definition) is 2. The second-order valence-corrected chi connectivity index (χ2v) is 8.39. The van der Waals surface area contributed by atoms with Crippen LogP contribution in [0.2, 0.25) is 0 Å². The Kier molecular flexibility index (Phi) is 6.77. The van der Waals surface area contributed by atoms with Crippen LogP contribution in [0.3, 0.4) is 0 Å². The molecule has 0 saturated carbocycles. The normalized spacial score (nSPS) is 19.8. The maximum atomic E-state index is 12.9. The third-order valence-electron chi connectivity index (χ3n) is 6.32. The first-order valence-corrected chi connectivity index (χ1v) is 10.9. The largest absolute Gasteiger partial charge is 0.404 e.